The highest BCUT2D eigenvalue weighted by molar-refractivity contribution is 5.76. The van der Waals surface area contributed by atoms with Gasteiger partial charge in [0.15, 0.2) is 0 Å². The van der Waals surface area contributed by atoms with Crippen LogP contribution in [0, 0.1) is 0 Å². The number of hydrogen-bond acceptors (Lipinski definition) is 4. The van der Waals surface area contributed by atoms with Crippen molar-refractivity contribution < 1.29 is 4.79 Å². The summed E-state index contributed by atoms with van der Waals surface area (Å²) in [5.74, 6) is 0.0327. The fourth-order valence-electron chi connectivity index (χ4n) is 1.92. The molecule has 5 heteroatoms. The van der Waals surface area contributed by atoms with Gasteiger partial charge in [-0.1, -0.05) is 12.1 Å². The Morgan fingerprint density at radius 1 is 1.19 bits per heavy atom. The summed E-state index contributed by atoms with van der Waals surface area (Å²) < 4.78 is 0. The van der Waals surface area contributed by atoms with Gasteiger partial charge in [0.1, 0.15) is 6.33 Å². The Balaban J connectivity index is 1.76. The maximum absolute atomic E-state index is 11.8. The van der Waals surface area contributed by atoms with Crippen LogP contribution >= 0.6 is 0 Å². The maximum Gasteiger partial charge on any atom is 0.220 e. The summed E-state index contributed by atoms with van der Waals surface area (Å²) in [4.78, 5) is 21.8. The zero-order valence-electron chi connectivity index (χ0n) is 12.4. The van der Waals surface area contributed by atoms with E-state index < -0.39 is 0 Å². The number of aromatic nitrogens is 2. The first-order valence-electron chi connectivity index (χ1n) is 6.93. The lowest BCUT2D eigenvalue weighted by molar-refractivity contribution is -0.121. The van der Waals surface area contributed by atoms with Gasteiger partial charge in [0.25, 0.3) is 0 Å². The molecule has 0 aliphatic heterocycles. The van der Waals surface area contributed by atoms with Gasteiger partial charge in [-0.2, -0.15) is 0 Å². The normalized spacial score (nSPS) is 10.2. The lowest BCUT2D eigenvalue weighted by Gasteiger charge is -2.12. The molecule has 1 N–H and O–H groups in total. The molecule has 2 aromatic rings. The van der Waals surface area contributed by atoms with Crippen LogP contribution in [0.2, 0.25) is 0 Å². The molecule has 0 saturated heterocycles. The molecule has 0 aliphatic rings. The monoisotopic (exact) mass is 284 g/mol. The van der Waals surface area contributed by atoms with E-state index in [1.807, 2.05) is 14.1 Å². The van der Waals surface area contributed by atoms with Gasteiger partial charge in [0.2, 0.25) is 5.91 Å². The summed E-state index contributed by atoms with van der Waals surface area (Å²) in [5, 5.41) is 2.86. The smallest absolute Gasteiger partial charge is 0.220 e. The molecule has 0 spiro atoms. The van der Waals surface area contributed by atoms with Gasteiger partial charge in [-0.05, 0) is 30.2 Å². The predicted molar refractivity (Wildman–Crippen MR) is 83.0 cm³/mol. The second kappa shape index (κ2) is 7.38. The van der Waals surface area contributed by atoms with Crippen molar-refractivity contribution in [3.8, 4) is 0 Å². The van der Waals surface area contributed by atoms with Gasteiger partial charge in [0, 0.05) is 32.4 Å². The van der Waals surface area contributed by atoms with Crippen molar-refractivity contribution in [3.63, 3.8) is 0 Å². The average Bonchev–Trinajstić information content (AvgIpc) is 2.52. The van der Waals surface area contributed by atoms with Gasteiger partial charge in [-0.25, -0.2) is 9.97 Å². The van der Waals surface area contributed by atoms with Crippen molar-refractivity contribution in [2.45, 2.75) is 19.4 Å². The fraction of sp³-hybridized carbons (Fsp3) is 0.312. The van der Waals surface area contributed by atoms with Crippen LogP contribution in [0.25, 0.3) is 0 Å². The third-order valence-electron chi connectivity index (χ3n) is 3.20. The van der Waals surface area contributed by atoms with Crippen LogP contribution < -0.4 is 10.2 Å². The van der Waals surface area contributed by atoms with E-state index in [4.69, 9.17) is 0 Å². The Morgan fingerprint density at radius 3 is 2.57 bits per heavy atom. The summed E-state index contributed by atoms with van der Waals surface area (Å²) in [6, 6.07) is 10.0. The number of anilines is 1. The van der Waals surface area contributed by atoms with E-state index in [1.54, 1.807) is 12.3 Å². The molecular weight excluding hydrogens is 264 g/mol. The number of benzene rings is 1. The summed E-state index contributed by atoms with van der Waals surface area (Å²) in [6.45, 7) is 0.445. The third-order valence-corrected chi connectivity index (χ3v) is 3.20. The van der Waals surface area contributed by atoms with Crippen molar-refractivity contribution >= 4 is 11.6 Å². The first kappa shape index (κ1) is 15.0. The lowest BCUT2D eigenvalue weighted by Crippen LogP contribution is -2.23. The summed E-state index contributed by atoms with van der Waals surface area (Å²) in [5.41, 5.74) is 3.14. The summed E-state index contributed by atoms with van der Waals surface area (Å²) in [6.07, 6.45) is 4.37. The molecule has 0 unspecified atom stereocenters. The Kier molecular flexibility index (Phi) is 5.26. The number of nitrogens with zero attached hydrogens (tertiary/aromatic N) is 3. The molecule has 1 heterocycles. The largest absolute Gasteiger partial charge is 0.378 e. The minimum atomic E-state index is 0.0327. The van der Waals surface area contributed by atoms with Crippen LogP contribution in [-0.4, -0.2) is 30.0 Å². The van der Waals surface area contributed by atoms with E-state index in [9.17, 15) is 4.79 Å². The molecule has 5 nitrogen and oxygen atoms in total. The highest BCUT2D eigenvalue weighted by atomic mass is 16.1. The fourth-order valence-corrected chi connectivity index (χ4v) is 1.92. The molecule has 0 fully saturated rings. The van der Waals surface area contributed by atoms with E-state index in [2.05, 4.69) is 44.5 Å². The maximum atomic E-state index is 11.8. The van der Waals surface area contributed by atoms with Crippen LogP contribution in [0.15, 0.2) is 42.9 Å². The predicted octanol–water partition coefficient (Wildman–Crippen LogP) is 1.79. The summed E-state index contributed by atoms with van der Waals surface area (Å²) >= 11 is 0. The SMILES string of the molecule is CN(C)c1ccc(CCC(=O)NCc2ccncn2)cc1. The van der Waals surface area contributed by atoms with Crippen molar-refractivity contribution in [2.75, 3.05) is 19.0 Å². The molecule has 1 aromatic heterocycles. The number of nitrogens with one attached hydrogen (secondary N) is 1. The molecule has 1 amide bonds. The molecule has 0 atom stereocenters. The topological polar surface area (TPSA) is 58.1 Å². The molecule has 0 bridgehead atoms. The van der Waals surface area contributed by atoms with Gasteiger partial charge in [-0.3, -0.25) is 4.79 Å². The molecule has 2 rings (SSSR count). The van der Waals surface area contributed by atoms with Gasteiger partial charge in [0.05, 0.1) is 12.2 Å². The van der Waals surface area contributed by atoms with E-state index in [1.165, 1.54) is 6.33 Å². The van der Waals surface area contributed by atoms with E-state index >= 15 is 0 Å². The van der Waals surface area contributed by atoms with Gasteiger partial charge < -0.3 is 10.2 Å². The molecule has 21 heavy (non-hydrogen) atoms. The van der Waals surface area contributed by atoms with Crippen molar-refractivity contribution in [3.05, 3.63) is 54.1 Å². The molecule has 1 aromatic carbocycles. The Hall–Kier alpha value is -2.43. The highest BCUT2D eigenvalue weighted by Gasteiger charge is 2.03. The second-order valence-electron chi connectivity index (χ2n) is 5.04. The van der Waals surface area contributed by atoms with Crippen molar-refractivity contribution in [1.29, 1.82) is 0 Å². The zero-order valence-corrected chi connectivity index (χ0v) is 12.4. The van der Waals surface area contributed by atoms with Gasteiger partial charge in [-0.15, -0.1) is 0 Å². The Labute approximate surface area is 125 Å². The van der Waals surface area contributed by atoms with E-state index in [0.717, 1.165) is 23.4 Å². The number of rotatable bonds is 6. The average molecular weight is 284 g/mol. The number of carbonyl (C=O) groups excluding carboxylic acids is 1. The molecule has 0 saturated carbocycles. The first-order valence-corrected chi connectivity index (χ1v) is 6.93. The third kappa shape index (κ3) is 4.87. The number of hydrogen-bond donors (Lipinski definition) is 1. The van der Waals surface area contributed by atoms with Crippen LogP contribution in [0.3, 0.4) is 0 Å². The van der Waals surface area contributed by atoms with Crippen LogP contribution in [0.1, 0.15) is 17.7 Å². The van der Waals surface area contributed by atoms with Crippen LogP contribution in [0.5, 0.6) is 0 Å². The van der Waals surface area contributed by atoms with Crippen LogP contribution in [0.4, 0.5) is 5.69 Å². The van der Waals surface area contributed by atoms with Gasteiger partial charge >= 0.3 is 0 Å². The zero-order chi connectivity index (χ0) is 15.1. The van der Waals surface area contributed by atoms with Crippen molar-refractivity contribution in [1.82, 2.24) is 15.3 Å². The standard InChI is InChI=1S/C16H20N4O/c1-20(2)15-6-3-13(4-7-15)5-8-16(21)18-11-14-9-10-17-12-19-14/h3-4,6-7,9-10,12H,5,8,11H2,1-2H3,(H,18,21). The Morgan fingerprint density at radius 2 is 1.95 bits per heavy atom. The second-order valence-corrected chi connectivity index (χ2v) is 5.04. The minimum Gasteiger partial charge on any atom is -0.378 e. The quantitative estimate of drug-likeness (QED) is 0.878. The molecular formula is C16H20N4O. The molecule has 110 valence electrons. The lowest BCUT2D eigenvalue weighted by atomic mass is 10.1. The Bertz CT molecular complexity index is 567. The van der Waals surface area contributed by atoms with Crippen LogP contribution in [-0.2, 0) is 17.8 Å². The van der Waals surface area contributed by atoms with Crippen molar-refractivity contribution in [2.24, 2.45) is 0 Å². The summed E-state index contributed by atoms with van der Waals surface area (Å²) in [7, 11) is 4.02. The highest BCUT2D eigenvalue weighted by Crippen LogP contribution is 2.13. The van der Waals surface area contributed by atoms with E-state index in [-0.39, 0.29) is 5.91 Å². The number of amides is 1. The minimum absolute atomic E-state index is 0.0327. The first-order chi connectivity index (χ1) is 10.1. The van der Waals surface area contributed by atoms with E-state index in [0.29, 0.717) is 13.0 Å². The number of aryl methyl sites for hydroxylation is 1. The number of carbonyl (C=O) groups is 1. The molecule has 0 aliphatic carbocycles. The molecule has 0 radical (unpaired) electrons.